The van der Waals surface area contributed by atoms with E-state index in [1.165, 1.54) is 6.92 Å². The molecule has 0 saturated carbocycles. The van der Waals surface area contributed by atoms with Crippen LogP contribution in [-0.2, 0) is 4.79 Å². The van der Waals surface area contributed by atoms with E-state index in [4.69, 9.17) is 10.00 Å². The van der Waals surface area contributed by atoms with Crippen molar-refractivity contribution in [3.8, 4) is 11.8 Å². The Morgan fingerprint density at radius 2 is 2.00 bits per heavy atom. The lowest BCUT2D eigenvalue weighted by Crippen LogP contribution is -2.30. The van der Waals surface area contributed by atoms with E-state index < -0.39 is 23.6 Å². The van der Waals surface area contributed by atoms with Crippen LogP contribution >= 0.6 is 0 Å². The highest BCUT2D eigenvalue weighted by Crippen LogP contribution is 2.20. The molecule has 1 atom stereocenters. The Bertz CT molecular complexity index is 741. The molecule has 6 heteroatoms. The predicted octanol–water partition coefficient (Wildman–Crippen LogP) is 3.24. The Labute approximate surface area is 125 Å². The standard InChI is InChI=1S/C16H12F2N2O2/c1-10(22-15-7-6-12(17)8-13(15)18)16(21)20-14-5-3-2-4-11(14)9-19/h2-8,10H,1H3,(H,20,21)/t10-/m0/s1. The van der Waals surface area contributed by atoms with Gasteiger partial charge in [-0.1, -0.05) is 12.1 Å². The number of carbonyl (C=O) groups is 1. The lowest BCUT2D eigenvalue weighted by Gasteiger charge is -2.15. The molecule has 0 aliphatic heterocycles. The maximum absolute atomic E-state index is 13.5. The van der Waals surface area contributed by atoms with Gasteiger partial charge >= 0.3 is 0 Å². The summed E-state index contributed by atoms with van der Waals surface area (Å²) in [5.41, 5.74) is 0.640. The summed E-state index contributed by atoms with van der Waals surface area (Å²) in [5, 5.41) is 11.5. The van der Waals surface area contributed by atoms with E-state index in [0.29, 0.717) is 17.3 Å². The molecule has 0 spiro atoms. The quantitative estimate of drug-likeness (QED) is 0.943. The third-order valence-corrected chi connectivity index (χ3v) is 2.87. The van der Waals surface area contributed by atoms with Crippen molar-refractivity contribution in [2.45, 2.75) is 13.0 Å². The molecule has 1 amide bonds. The van der Waals surface area contributed by atoms with E-state index in [2.05, 4.69) is 5.32 Å². The molecule has 4 nitrogen and oxygen atoms in total. The second kappa shape index (κ2) is 6.68. The number of hydrogen-bond donors (Lipinski definition) is 1. The number of nitrogens with zero attached hydrogens (tertiary/aromatic N) is 1. The molecule has 2 rings (SSSR count). The van der Waals surface area contributed by atoms with Crippen molar-refractivity contribution in [3.63, 3.8) is 0 Å². The van der Waals surface area contributed by atoms with Gasteiger partial charge in [-0.3, -0.25) is 4.79 Å². The van der Waals surface area contributed by atoms with Crippen LogP contribution in [0.15, 0.2) is 42.5 Å². The van der Waals surface area contributed by atoms with E-state index in [9.17, 15) is 13.6 Å². The minimum absolute atomic E-state index is 0.224. The Kier molecular flexibility index (Phi) is 4.69. The van der Waals surface area contributed by atoms with Gasteiger partial charge in [-0.2, -0.15) is 5.26 Å². The first-order valence-corrected chi connectivity index (χ1v) is 6.43. The lowest BCUT2D eigenvalue weighted by atomic mass is 10.2. The normalized spacial score (nSPS) is 11.4. The summed E-state index contributed by atoms with van der Waals surface area (Å²) in [7, 11) is 0. The Balaban J connectivity index is 2.08. The molecule has 0 aliphatic carbocycles. The SMILES string of the molecule is C[C@H](Oc1ccc(F)cc1F)C(=O)Nc1ccccc1C#N. The van der Waals surface area contributed by atoms with Crippen LogP contribution < -0.4 is 10.1 Å². The van der Waals surface area contributed by atoms with Gasteiger partial charge in [-0.15, -0.1) is 0 Å². The number of hydrogen-bond acceptors (Lipinski definition) is 3. The number of nitriles is 1. The number of amides is 1. The molecule has 0 aliphatic rings. The van der Waals surface area contributed by atoms with Crippen LogP contribution in [0.5, 0.6) is 5.75 Å². The van der Waals surface area contributed by atoms with Crippen molar-refractivity contribution >= 4 is 11.6 Å². The van der Waals surface area contributed by atoms with Crippen molar-refractivity contribution in [1.29, 1.82) is 5.26 Å². The molecule has 0 fully saturated rings. The van der Waals surface area contributed by atoms with E-state index in [-0.39, 0.29) is 5.75 Å². The molecular formula is C16H12F2N2O2. The van der Waals surface area contributed by atoms with Crippen molar-refractivity contribution in [3.05, 3.63) is 59.7 Å². The summed E-state index contributed by atoms with van der Waals surface area (Å²) in [6.07, 6.45) is -1.02. The highest BCUT2D eigenvalue weighted by molar-refractivity contribution is 5.95. The van der Waals surface area contributed by atoms with Gasteiger partial charge in [-0.25, -0.2) is 8.78 Å². The van der Waals surface area contributed by atoms with Crippen LogP contribution in [0.25, 0.3) is 0 Å². The molecule has 1 N–H and O–H groups in total. The van der Waals surface area contributed by atoms with E-state index in [1.807, 2.05) is 6.07 Å². The molecular weight excluding hydrogens is 290 g/mol. The number of halogens is 2. The molecule has 0 aromatic heterocycles. The zero-order chi connectivity index (χ0) is 16.1. The Morgan fingerprint density at radius 3 is 2.68 bits per heavy atom. The van der Waals surface area contributed by atoms with Crippen LogP contribution in [0.4, 0.5) is 14.5 Å². The first kappa shape index (κ1) is 15.4. The molecule has 0 unspecified atom stereocenters. The fraction of sp³-hybridized carbons (Fsp3) is 0.125. The third kappa shape index (κ3) is 3.58. The van der Waals surface area contributed by atoms with E-state index >= 15 is 0 Å². The second-order valence-corrected chi connectivity index (χ2v) is 4.48. The summed E-state index contributed by atoms with van der Waals surface area (Å²) in [5.74, 6) is -2.40. The lowest BCUT2D eigenvalue weighted by molar-refractivity contribution is -0.122. The van der Waals surface area contributed by atoms with Gasteiger partial charge in [0.05, 0.1) is 11.3 Å². The van der Waals surface area contributed by atoms with Crippen molar-refractivity contribution in [2.24, 2.45) is 0 Å². The zero-order valence-corrected chi connectivity index (χ0v) is 11.6. The number of para-hydroxylation sites is 1. The monoisotopic (exact) mass is 302 g/mol. The number of rotatable bonds is 4. The molecule has 0 bridgehead atoms. The smallest absolute Gasteiger partial charge is 0.265 e. The first-order valence-electron chi connectivity index (χ1n) is 6.43. The van der Waals surface area contributed by atoms with Gasteiger partial charge in [0.25, 0.3) is 5.91 Å². The summed E-state index contributed by atoms with van der Waals surface area (Å²) >= 11 is 0. The maximum Gasteiger partial charge on any atom is 0.265 e. The molecule has 22 heavy (non-hydrogen) atoms. The summed E-state index contributed by atoms with van der Waals surface area (Å²) in [6.45, 7) is 1.42. The number of carbonyl (C=O) groups excluding carboxylic acids is 1. The van der Waals surface area contributed by atoms with Crippen LogP contribution in [0.1, 0.15) is 12.5 Å². The van der Waals surface area contributed by atoms with E-state index in [1.54, 1.807) is 24.3 Å². The summed E-state index contributed by atoms with van der Waals surface area (Å²) in [4.78, 5) is 12.0. The predicted molar refractivity (Wildman–Crippen MR) is 76.2 cm³/mol. The summed E-state index contributed by atoms with van der Waals surface area (Å²) in [6, 6.07) is 11.2. The van der Waals surface area contributed by atoms with Crippen molar-refractivity contribution in [1.82, 2.24) is 0 Å². The highest BCUT2D eigenvalue weighted by Gasteiger charge is 2.18. The highest BCUT2D eigenvalue weighted by atomic mass is 19.1. The number of ether oxygens (including phenoxy) is 1. The summed E-state index contributed by atoms with van der Waals surface area (Å²) < 4.78 is 31.5. The third-order valence-electron chi connectivity index (χ3n) is 2.87. The molecule has 0 heterocycles. The van der Waals surface area contributed by atoms with Crippen molar-refractivity contribution in [2.75, 3.05) is 5.32 Å². The van der Waals surface area contributed by atoms with Gasteiger partial charge in [0.1, 0.15) is 11.9 Å². The molecule has 2 aromatic carbocycles. The maximum atomic E-state index is 13.5. The number of benzene rings is 2. The Hall–Kier alpha value is -2.94. The van der Waals surface area contributed by atoms with Gasteiger partial charge in [0.15, 0.2) is 17.7 Å². The molecule has 112 valence electrons. The minimum Gasteiger partial charge on any atom is -0.478 e. The second-order valence-electron chi connectivity index (χ2n) is 4.48. The van der Waals surface area contributed by atoms with Gasteiger partial charge in [0.2, 0.25) is 0 Å². The van der Waals surface area contributed by atoms with Crippen LogP contribution in [0.3, 0.4) is 0 Å². The van der Waals surface area contributed by atoms with Crippen LogP contribution in [-0.4, -0.2) is 12.0 Å². The minimum atomic E-state index is -1.02. The van der Waals surface area contributed by atoms with Crippen LogP contribution in [0.2, 0.25) is 0 Å². The fourth-order valence-electron chi connectivity index (χ4n) is 1.74. The molecule has 0 radical (unpaired) electrons. The largest absolute Gasteiger partial charge is 0.478 e. The number of nitrogens with one attached hydrogen (secondary N) is 1. The molecule has 0 saturated heterocycles. The topological polar surface area (TPSA) is 62.1 Å². The number of anilines is 1. The van der Waals surface area contributed by atoms with Crippen molar-refractivity contribution < 1.29 is 18.3 Å². The average molecular weight is 302 g/mol. The van der Waals surface area contributed by atoms with Gasteiger partial charge < -0.3 is 10.1 Å². The van der Waals surface area contributed by atoms with E-state index in [0.717, 1.165) is 12.1 Å². The Morgan fingerprint density at radius 1 is 1.27 bits per heavy atom. The first-order chi connectivity index (χ1) is 10.5. The van der Waals surface area contributed by atoms with Gasteiger partial charge in [-0.05, 0) is 31.2 Å². The van der Waals surface area contributed by atoms with Crippen LogP contribution in [0, 0.1) is 23.0 Å². The molecule has 2 aromatic rings. The fourth-order valence-corrected chi connectivity index (χ4v) is 1.74. The zero-order valence-electron chi connectivity index (χ0n) is 11.6. The average Bonchev–Trinajstić information content (AvgIpc) is 2.50. The van der Waals surface area contributed by atoms with Gasteiger partial charge in [0, 0.05) is 6.07 Å².